The average Bonchev–Trinajstić information content (AvgIpc) is 2.93. The van der Waals surface area contributed by atoms with Gasteiger partial charge in [0.2, 0.25) is 0 Å². The Morgan fingerprint density at radius 3 is 2.70 bits per heavy atom. The lowest BCUT2D eigenvalue weighted by Gasteiger charge is -2.10. The number of thiophene rings is 1. The molecule has 2 aromatic carbocycles. The van der Waals surface area contributed by atoms with Gasteiger partial charge in [0.15, 0.2) is 10.6 Å². The molecule has 0 atom stereocenters. The van der Waals surface area contributed by atoms with Gasteiger partial charge in [-0.2, -0.15) is 0 Å². The molecule has 0 aliphatic heterocycles. The Kier molecular flexibility index (Phi) is 4.21. The molecule has 0 fully saturated rings. The summed E-state index contributed by atoms with van der Waals surface area (Å²) in [4.78, 5) is 11.8. The van der Waals surface area contributed by atoms with E-state index in [1.54, 1.807) is 7.11 Å². The van der Waals surface area contributed by atoms with Crippen LogP contribution in [0.4, 0.5) is 0 Å². The first-order valence-corrected chi connectivity index (χ1v) is 8.05. The fraction of sp³-hybridized carbons (Fsp3) is 0.167. The number of carboxylic acid groups (broad SMARTS) is 1. The van der Waals surface area contributed by atoms with E-state index in [1.165, 1.54) is 11.3 Å². The lowest BCUT2D eigenvalue weighted by Crippen LogP contribution is -1.97. The summed E-state index contributed by atoms with van der Waals surface area (Å²) in [6.45, 7) is 2.04. The summed E-state index contributed by atoms with van der Waals surface area (Å²) < 4.78 is 12.1. The Morgan fingerprint density at radius 2 is 2.00 bits per heavy atom. The monoisotopic (exact) mass is 328 g/mol. The highest BCUT2D eigenvalue weighted by atomic mass is 32.1. The van der Waals surface area contributed by atoms with Crippen LogP contribution in [0.25, 0.3) is 10.1 Å². The average molecular weight is 328 g/mol. The molecular weight excluding hydrogens is 312 g/mol. The maximum Gasteiger partial charge on any atom is 0.349 e. The molecule has 118 valence electrons. The Labute approximate surface area is 137 Å². The Morgan fingerprint density at radius 1 is 1.22 bits per heavy atom. The smallest absolute Gasteiger partial charge is 0.349 e. The van der Waals surface area contributed by atoms with E-state index in [1.807, 2.05) is 49.4 Å². The van der Waals surface area contributed by atoms with Crippen molar-refractivity contribution in [3.63, 3.8) is 0 Å². The first-order chi connectivity index (χ1) is 11.1. The summed E-state index contributed by atoms with van der Waals surface area (Å²) in [5.74, 6) is 0.729. The van der Waals surface area contributed by atoms with Gasteiger partial charge in [0, 0.05) is 10.1 Å². The predicted molar refractivity (Wildman–Crippen MR) is 91.2 cm³/mol. The van der Waals surface area contributed by atoms with Gasteiger partial charge in [0.25, 0.3) is 0 Å². The SMILES string of the molecule is CCc1ccccc1Oc1c(C(=O)O)sc2ccc(OC)cc12. The molecule has 5 heteroatoms. The number of benzene rings is 2. The van der Waals surface area contributed by atoms with Gasteiger partial charge in [-0.1, -0.05) is 25.1 Å². The van der Waals surface area contributed by atoms with Crippen LogP contribution in [0.5, 0.6) is 17.2 Å². The highest BCUT2D eigenvalue weighted by Gasteiger charge is 2.21. The number of methoxy groups -OCH3 is 1. The molecule has 0 saturated heterocycles. The maximum atomic E-state index is 11.6. The van der Waals surface area contributed by atoms with Crippen molar-refractivity contribution in [1.29, 1.82) is 0 Å². The third-order valence-corrected chi connectivity index (χ3v) is 4.75. The molecular formula is C18H16O4S. The van der Waals surface area contributed by atoms with Crippen LogP contribution in [0, 0.1) is 0 Å². The van der Waals surface area contributed by atoms with E-state index >= 15 is 0 Å². The second-order valence-corrected chi connectivity index (χ2v) is 6.04. The number of ether oxygens (including phenoxy) is 2. The number of aromatic carboxylic acids is 1. The quantitative estimate of drug-likeness (QED) is 0.719. The first kappa shape index (κ1) is 15.4. The summed E-state index contributed by atoms with van der Waals surface area (Å²) in [6.07, 6.45) is 0.809. The minimum Gasteiger partial charge on any atom is -0.497 e. The Hall–Kier alpha value is -2.53. The molecule has 3 rings (SSSR count). The number of rotatable bonds is 5. The summed E-state index contributed by atoms with van der Waals surface area (Å²) in [6, 6.07) is 13.1. The van der Waals surface area contributed by atoms with Crippen LogP contribution in [0.2, 0.25) is 0 Å². The molecule has 0 amide bonds. The van der Waals surface area contributed by atoms with Crippen molar-refractivity contribution < 1.29 is 19.4 Å². The van der Waals surface area contributed by atoms with Crippen molar-refractivity contribution in [3.8, 4) is 17.2 Å². The van der Waals surface area contributed by atoms with E-state index in [2.05, 4.69) is 0 Å². The molecule has 0 aliphatic rings. The maximum absolute atomic E-state index is 11.6. The third kappa shape index (κ3) is 2.87. The van der Waals surface area contributed by atoms with Crippen LogP contribution in [0.15, 0.2) is 42.5 Å². The first-order valence-electron chi connectivity index (χ1n) is 7.23. The number of para-hydroxylation sites is 1. The minimum atomic E-state index is -0.992. The van der Waals surface area contributed by atoms with Gasteiger partial charge in [0.1, 0.15) is 11.5 Å². The van der Waals surface area contributed by atoms with Crippen molar-refractivity contribution in [2.24, 2.45) is 0 Å². The van der Waals surface area contributed by atoms with Crippen LogP contribution >= 0.6 is 11.3 Å². The molecule has 0 spiro atoms. The summed E-state index contributed by atoms with van der Waals surface area (Å²) >= 11 is 1.20. The molecule has 0 bridgehead atoms. The molecule has 1 heterocycles. The standard InChI is InChI=1S/C18H16O4S/c1-3-11-6-4-5-7-14(11)22-16-13-10-12(21-2)8-9-15(13)23-17(16)18(19)20/h4-10H,3H2,1-2H3,(H,19,20). The van der Waals surface area contributed by atoms with Gasteiger partial charge >= 0.3 is 5.97 Å². The summed E-state index contributed by atoms with van der Waals surface area (Å²) in [5.41, 5.74) is 1.03. The molecule has 0 radical (unpaired) electrons. The second-order valence-electron chi connectivity index (χ2n) is 4.99. The molecule has 0 aliphatic carbocycles. The van der Waals surface area contributed by atoms with Crippen LogP contribution in [0.1, 0.15) is 22.2 Å². The molecule has 4 nitrogen and oxygen atoms in total. The van der Waals surface area contributed by atoms with Crippen LogP contribution in [0.3, 0.4) is 0 Å². The van der Waals surface area contributed by atoms with Crippen LogP contribution in [-0.4, -0.2) is 18.2 Å². The number of fused-ring (bicyclic) bond motifs is 1. The number of hydrogen-bond donors (Lipinski definition) is 1. The second kappa shape index (κ2) is 6.30. The van der Waals surface area contributed by atoms with Crippen molar-refractivity contribution >= 4 is 27.4 Å². The van der Waals surface area contributed by atoms with Gasteiger partial charge in [-0.25, -0.2) is 4.79 Å². The fourth-order valence-electron chi connectivity index (χ4n) is 2.43. The van der Waals surface area contributed by atoms with E-state index in [0.29, 0.717) is 17.2 Å². The molecule has 1 aromatic heterocycles. The lowest BCUT2D eigenvalue weighted by molar-refractivity contribution is 0.0700. The topological polar surface area (TPSA) is 55.8 Å². The predicted octanol–water partition coefficient (Wildman–Crippen LogP) is 4.96. The van der Waals surface area contributed by atoms with E-state index < -0.39 is 5.97 Å². The lowest BCUT2D eigenvalue weighted by atomic mass is 10.1. The highest BCUT2D eigenvalue weighted by molar-refractivity contribution is 7.21. The van der Waals surface area contributed by atoms with Crippen molar-refractivity contribution in [3.05, 3.63) is 52.9 Å². The van der Waals surface area contributed by atoms with Crippen LogP contribution < -0.4 is 9.47 Å². The van der Waals surface area contributed by atoms with E-state index in [0.717, 1.165) is 22.1 Å². The van der Waals surface area contributed by atoms with Crippen molar-refractivity contribution in [2.75, 3.05) is 7.11 Å². The zero-order valence-corrected chi connectivity index (χ0v) is 13.6. The molecule has 0 unspecified atom stereocenters. The molecule has 3 aromatic rings. The van der Waals surface area contributed by atoms with E-state index in [9.17, 15) is 9.90 Å². The number of carbonyl (C=O) groups is 1. The van der Waals surface area contributed by atoms with Crippen molar-refractivity contribution in [1.82, 2.24) is 0 Å². The third-order valence-electron chi connectivity index (χ3n) is 3.61. The molecule has 1 N–H and O–H groups in total. The summed E-state index contributed by atoms with van der Waals surface area (Å²) in [7, 11) is 1.58. The minimum absolute atomic E-state index is 0.194. The highest BCUT2D eigenvalue weighted by Crippen LogP contribution is 2.42. The Bertz CT molecular complexity index is 867. The molecule has 0 saturated carbocycles. The fourth-order valence-corrected chi connectivity index (χ4v) is 3.38. The van der Waals surface area contributed by atoms with Crippen LogP contribution in [-0.2, 0) is 6.42 Å². The normalized spacial score (nSPS) is 10.7. The Balaban J connectivity index is 2.17. The molecule has 23 heavy (non-hydrogen) atoms. The number of carboxylic acids is 1. The largest absolute Gasteiger partial charge is 0.497 e. The van der Waals surface area contributed by atoms with Gasteiger partial charge < -0.3 is 14.6 Å². The van der Waals surface area contributed by atoms with Gasteiger partial charge in [-0.3, -0.25) is 0 Å². The van der Waals surface area contributed by atoms with E-state index in [4.69, 9.17) is 9.47 Å². The van der Waals surface area contributed by atoms with Gasteiger partial charge in [-0.15, -0.1) is 11.3 Å². The van der Waals surface area contributed by atoms with Crippen molar-refractivity contribution in [2.45, 2.75) is 13.3 Å². The van der Waals surface area contributed by atoms with Gasteiger partial charge in [0.05, 0.1) is 7.11 Å². The number of hydrogen-bond acceptors (Lipinski definition) is 4. The summed E-state index contributed by atoms with van der Waals surface area (Å²) in [5, 5.41) is 10.2. The zero-order chi connectivity index (χ0) is 16.4. The zero-order valence-electron chi connectivity index (χ0n) is 12.8. The van der Waals surface area contributed by atoms with E-state index in [-0.39, 0.29) is 4.88 Å². The number of aryl methyl sites for hydroxylation is 1. The van der Waals surface area contributed by atoms with Gasteiger partial charge in [-0.05, 0) is 36.2 Å².